The molecule has 2 saturated heterocycles. The molecule has 6 nitrogen and oxygen atoms in total. The van der Waals surface area contributed by atoms with Crippen molar-refractivity contribution in [3.05, 3.63) is 96.1 Å². The number of ether oxygens (including phenoxy) is 5. The molecule has 2 aliphatic rings. The van der Waals surface area contributed by atoms with Crippen LogP contribution in [0.5, 0.6) is 5.75 Å². The van der Waals surface area contributed by atoms with Crippen LogP contribution in [0.2, 0.25) is 0 Å². The third-order valence-electron chi connectivity index (χ3n) is 5.98. The molecule has 0 spiro atoms. The summed E-state index contributed by atoms with van der Waals surface area (Å²) in [5.41, 5.74) is 1.39. The van der Waals surface area contributed by atoms with Crippen molar-refractivity contribution in [1.29, 1.82) is 0 Å². The molecule has 1 N–H and O–H groups in total. The van der Waals surface area contributed by atoms with E-state index in [2.05, 4.69) is 0 Å². The number of fused-ring (bicyclic) bond motifs is 1. The van der Waals surface area contributed by atoms with E-state index in [4.69, 9.17) is 23.7 Å². The second-order valence-electron chi connectivity index (χ2n) is 8.26. The van der Waals surface area contributed by atoms with Gasteiger partial charge in [-0.3, -0.25) is 0 Å². The van der Waals surface area contributed by atoms with Crippen molar-refractivity contribution in [1.82, 2.24) is 0 Å². The van der Waals surface area contributed by atoms with E-state index in [0.29, 0.717) is 13.2 Å². The van der Waals surface area contributed by atoms with Crippen molar-refractivity contribution >= 4 is 11.8 Å². The normalized spacial score (nSPS) is 28.8. The first-order valence-corrected chi connectivity index (χ1v) is 12.2. The van der Waals surface area contributed by atoms with Gasteiger partial charge in [-0.25, -0.2) is 0 Å². The molecule has 178 valence electrons. The second kappa shape index (κ2) is 10.9. The molecule has 34 heavy (non-hydrogen) atoms. The maximum Gasteiger partial charge on any atom is 0.184 e. The molecule has 0 bridgehead atoms. The zero-order chi connectivity index (χ0) is 23.3. The number of benzene rings is 3. The van der Waals surface area contributed by atoms with Crippen molar-refractivity contribution in [2.24, 2.45) is 0 Å². The molecule has 3 aromatic rings. The molecule has 0 aromatic heterocycles. The smallest absolute Gasteiger partial charge is 0.184 e. The fourth-order valence-electron chi connectivity index (χ4n) is 4.18. The Kier molecular flexibility index (Phi) is 7.49. The van der Waals surface area contributed by atoms with E-state index in [1.54, 1.807) is 7.11 Å². The lowest BCUT2D eigenvalue weighted by Crippen LogP contribution is -2.61. The van der Waals surface area contributed by atoms with E-state index >= 15 is 0 Å². The van der Waals surface area contributed by atoms with Gasteiger partial charge >= 0.3 is 0 Å². The van der Waals surface area contributed by atoms with Gasteiger partial charge in [0.05, 0.1) is 20.3 Å². The Bertz CT molecular complexity index is 1030. The van der Waals surface area contributed by atoms with E-state index in [0.717, 1.165) is 21.8 Å². The van der Waals surface area contributed by atoms with Crippen molar-refractivity contribution in [3.8, 4) is 5.75 Å². The Hall–Kier alpha value is -2.39. The van der Waals surface area contributed by atoms with Crippen LogP contribution in [-0.2, 0) is 25.6 Å². The molecular weight excluding hydrogens is 452 g/mol. The summed E-state index contributed by atoms with van der Waals surface area (Å²) in [5.74, 6) is 0.785. The molecule has 6 atom stereocenters. The third-order valence-corrected chi connectivity index (χ3v) is 7.14. The van der Waals surface area contributed by atoms with Crippen molar-refractivity contribution in [3.63, 3.8) is 0 Å². The molecule has 0 aliphatic carbocycles. The third kappa shape index (κ3) is 5.30. The number of hydrogen-bond donors (Lipinski definition) is 1. The molecule has 2 heterocycles. The van der Waals surface area contributed by atoms with E-state index in [9.17, 15) is 5.11 Å². The molecular formula is C27H28O6S. The first-order chi connectivity index (χ1) is 16.7. The van der Waals surface area contributed by atoms with Crippen LogP contribution in [0, 0.1) is 0 Å². The Balaban J connectivity index is 1.35. The highest BCUT2D eigenvalue weighted by Crippen LogP contribution is 2.40. The number of thioether (sulfide) groups is 1. The Morgan fingerprint density at radius 1 is 0.912 bits per heavy atom. The number of aliphatic hydroxyl groups is 1. The molecule has 0 radical (unpaired) electrons. The van der Waals surface area contributed by atoms with Gasteiger partial charge in [0.25, 0.3) is 0 Å². The number of rotatable bonds is 7. The Labute approximate surface area is 203 Å². The minimum Gasteiger partial charge on any atom is -0.497 e. The van der Waals surface area contributed by atoms with Gasteiger partial charge in [-0.15, -0.1) is 0 Å². The van der Waals surface area contributed by atoms with Gasteiger partial charge in [-0.1, -0.05) is 72.4 Å². The van der Waals surface area contributed by atoms with Crippen molar-refractivity contribution in [2.75, 3.05) is 13.7 Å². The van der Waals surface area contributed by atoms with E-state index in [-0.39, 0.29) is 6.10 Å². The summed E-state index contributed by atoms with van der Waals surface area (Å²) in [4.78, 5) is 1.01. The molecule has 2 fully saturated rings. The van der Waals surface area contributed by atoms with Gasteiger partial charge in [0.2, 0.25) is 0 Å². The topological polar surface area (TPSA) is 66.4 Å². The maximum absolute atomic E-state index is 11.3. The summed E-state index contributed by atoms with van der Waals surface area (Å²) >= 11 is 1.48. The molecule has 7 heteroatoms. The van der Waals surface area contributed by atoms with Crippen LogP contribution >= 0.6 is 11.8 Å². The summed E-state index contributed by atoms with van der Waals surface area (Å²) < 4.78 is 30.1. The largest absolute Gasteiger partial charge is 0.497 e. The van der Waals surface area contributed by atoms with E-state index < -0.39 is 30.0 Å². The van der Waals surface area contributed by atoms with Crippen LogP contribution in [0.25, 0.3) is 0 Å². The highest BCUT2D eigenvalue weighted by molar-refractivity contribution is 7.99. The van der Waals surface area contributed by atoms with Gasteiger partial charge in [0, 0.05) is 10.5 Å². The van der Waals surface area contributed by atoms with Crippen LogP contribution in [0.1, 0.15) is 17.4 Å². The molecule has 0 saturated carbocycles. The van der Waals surface area contributed by atoms with Crippen molar-refractivity contribution in [2.45, 2.75) is 47.6 Å². The predicted molar refractivity (Wildman–Crippen MR) is 129 cm³/mol. The van der Waals surface area contributed by atoms with Crippen molar-refractivity contribution < 1.29 is 28.8 Å². The van der Waals surface area contributed by atoms with Crippen LogP contribution in [0.3, 0.4) is 0 Å². The quantitative estimate of drug-likeness (QED) is 0.531. The minimum atomic E-state index is -0.890. The second-order valence-corrected chi connectivity index (χ2v) is 9.44. The standard InChI is InChI=1S/C27H28O6S/c1-29-20-14-12-18(13-15-20)16-30-25-23(28)27(34-21-10-6-3-7-11-21)32-22-17-31-26(33-24(22)25)19-8-4-2-5-9-19/h2-15,22-28H,16-17H2,1H3. The summed E-state index contributed by atoms with van der Waals surface area (Å²) in [6.07, 6.45) is -2.84. The number of hydrogen-bond acceptors (Lipinski definition) is 7. The Morgan fingerprint density at radius 2 is 1.62 bits per heavy atom. The van der Waals surface area contributed by atoms with Crippen LogP contribution in [0.4, 0.5) is 0 Å². The summed E-state index contributed by atoms with van der Waals surface area (Å²) in [6.45, 7) is 0.684. The van der Waals surface area contributed by atoms with Crippen LogP contribution < -0.4 is 4.74 Å². The molecule has 3 aromatic carbocycles. The molecule has 0 amide bonds. The first kappa shape index (κ1) is 23.4. The fourth-order valence-corrected chi connectivity index (χ4v) is 5.25. The SMILES string of the molecule is COc1ccc(COC2C(O)C(Sc3ccccc3)OC3COC(c4ccccc4)OC32)cc1. The monoisotopic (exact) mass is 480 g/mol. The lowest BCUT2D eigenvalue weighted by atomic mass is 9.98. The number of aliphatic hydroxyl groups excluding tert-OH is 1. The molecule has 5 rings (SSSR count). The van der Waals surface area contributed by atoms with Crippen LogP contribution in [0.15, 0.2) is 89.8 Å². The van der Waals surface area contributed by atoms with Gasteiger partial charge in [-0.05, 0) is 29.8 Å². The lowest BCUT2D eigenvalue weighted by molar-refractivity contribution is -0.325. The average Bonchev–Trinajstić information content (AvgIpc) is 2.90. The van der Waals surface area contributed by atoms with E-state index in [1.807, 2.05) is 84.9 Å². The van der Waals surface area contributed by atoms with Gasteiger partial charge in [-0.2, -0.15) is 0 Å². The molecule has 2 aliphatic heterocycles. The molecule has 6 unspecified atom stereocenters. The summed E-state index contributed by atoms with van der Waals surface area (Å²) in [6, 6.07) is 27.4. The highest BCUT2D eigenvalue weighted by atomic mass is 32.2. The lowest BCUT2D eigenvalue weighted by Gasteiger charge is -2.47. The van der Waals surface area contributed by atoms with E-state index in [1.165, 1.54) is 11.8 Å². The zero-order valence-electron chi connectivity index (χ0n) is 18.9. The first-order valence-electron chi connectivity index (χ1n) is 11.3. The summed E-state index contributed by atoms with van der Waals surface area (Å²) in [5, 5.41) is 11.3. The zero-order valence-corrected chi connectivity index (χ0v) is 19.7. The number of methoxy groups -OCH3 is 1. The summed E-state index contributed by atoms with van der Waals surface area (Å²) in [7, 11) is 1.64. The Morgan fingerprint density at radius 3 is 2.32 bits per heavy atom. The highest BCUT2D eigenvalue weighted by Gasteiger charge is 2.50. The average molecular weight is 481 g/mol. The van der Waals surface area contributed by atoms with Crippen LogP contribution in [-0.4, -0.2) is 48.7 Å². The fraction of sp³-hybridized carbons (Fsp3) is 0.333. The maximum atomic E-state index is 11.3. The predicted octanol–water partition coefficient (Wildman–Crippen LogP) is 4.57. The van der Waals surface area contributed by atoms with Gasteiger partial charge in [0.15, 0.2) is 6.29 Å². The van der Waals surface area contributed by atoms with Gasteiger partial charge < -0.3 is 28.8 Å². The minimum absolute atomic E-state index is 0.331. The van der Waals surface area contributed by atoms with Gasteiger partial charge in [0.1, 0.15) is 35.6 Å².